The van der Waals surface area contributed by atoms with E-state index >= 15 is 0 Å². The molecule has 1 heterocycles. The molecule has 0 aliphatic carbocycles. The van der Waals surface area contributed by atoms with Gasteiger partial charge in [0.25, 0.3) is 11.8 Å². The van der Waals surface area contributed by atoms with E-state index in [1.165, 1.54) is 0 Å². The van der Waals surface area contributed by atoms with Crippen LogP contribution < -0.4 is 19.7 Å². The molecule has 8 heteroatoms. The van der Waals surface area contributed by atoms with E-state index in [9.17, 15) is 9.59 Å². The fraction of sp³-hybridized carbons (Fsp3) is 0.310. The number of rotatable bonds is 9. The molecule has 0 bridgehead atoms. The fourth-order valence-corrected chi connectivity index (χ4v) is 4.38. The number of nitrogens with one attached hydrogen (secondary N) is 1. The second-order valence-corrected chi connectivity index (χ2v) is 9.29. The largest absolute Gasteiger partial charge is 0.496 e. The van der Waals surface area contributed by atoms with Gasteiger partial charge in [-0.1, -0.05) is 31.0 Å². The van der Waals surface area contributed by atoms with Crippen LogP contribution in [0.3, 0.4) is 0 Å². The van der Waals surface area contributed by atoms with Gasteiger partial charge in [-0.2, -0.15) is 0 Å². The zero-order valence-electron chi connectivity index (χ0n) is 21.2. The van der Waals surface area contributed by atoms with Crippen molar-refractivity contribution in [2.45, 2.75) is 19.8 Å². The summed E-state index contributed by atoms with van der Waals surface area (Å²) in [6.45, 7) is 5.32. The maximum Gasteiger partial charge on any atom is 0.257 e. The lowest BCUT2D eigenvalue weighted by atomic mass is 10.1. The smallest absolute Gasteiger partial charge is 0.257 e. The molecular formula is C29H32ClN3O4. The molecule has 194 valence electrons. The number of carbonyl (C=O) groups is 2. The fourth-order valence-electron chi connectivity index (χ4n) is 4.21. The molecule has 0 radical (unpaired) electrons. The average molecular weight is 522 g/mol. The highest BCUT2D eigenvalue weighted by Crippen LogP contribution is 2.26. The van der Waals surface area contributed by atoms with Crippen LogP contribution in [0.5, 0.6) is 11.5 Å². The molecule has 1 aliphatic heterocycles. The van der Waals surface area contributed by atoms with Crippen LogP contribution in [-0.4, -0.2) is 56.6 Å². The molecule has 1 saturated heterocycles. The van der Waals surface area contributed by atoms with E-state index in [1.807, 2.05) is 41.3 Å². The van der Waals surface area contributed by atoms with Crippen LogP contribution in [0.4, 0.5) is 11.4 Å². The van der Waals surface area contributed by atoms with E-state index in [-0.39, 0.29) is 11.8 Å². The van der Waals surface area contributed by atoms with E-state index in [0.717, 1.165) is 18.5 Å². The Morgan fingerprint density at radius 2 is 1.73 bits per heavy atom. The lowest BCUT2D eigenvalue weighted by Crippen LogP contribution is -2.48. The zero-order chi connectivity index (χ0) is 26.2. The first kappa shape index (κ1) is 26.4. The lowest BCUT2D eigenvalue weighted by molar-refractivity contribution is 0.0743. The van der Waals surface area contributed by atoms with Crippen molar-refractivity contribution >= 4 is 34.8 Å². The second kappa shape index (κ2) is 12.5. The van der Waals surface area contributed by atoms with E-state index in [4.69, 9.17) is 21.1 Å². The number of hydrogen-bond donors (Lipinski definition) is 1. The number of amides is 2. The molecule has 4 rings (SSSR count). The first-order chi connectivity index (χ1) is 18.0. The minimum absolute atomic E-state index is 0.0862. The minimum atomic E-state index is -0.183. The van der Waals surface area contributed by atoms with Gasteiger partial charge in [0.05, 0.1) is 19.3 Å². The number of methoxy groups -OCH3 is 1. The highest BCUT2D eigenvalue weighted by molar-refractivity contribution is 6.31. The zero-order valence-corrected chi connectivity index (χ0v) is 22.0. The standard InChI is InChI=1S/C29H32ClN3O4/c1-3-4-18-37-25-7-5-6-21(19-25)28(34)31-23-9-11-24(12-10-23)32-14-16-33(17-15-32)29(35)26-20-22(30)8-13-27(26)36-2/h5-13,19-20H,3-4,14-18H2,1-2H3,(H,31,34). The molecule has 1 N–H and O–H groups in total. The Labute approximate surface area is 222 Å². The molecule has 0 spiro atoms. The van der Waals surface area contributed by atoms with Crippen LogP contribution in [0.15, 0.2) is 66.7 Å². The van der Waals surface area contributed by atoms with Crippen molar-refractivity contribution in [1.29, 1.82) is 0 Å². The summed E-state index contributed by atoms with van der Waals surface area (Å²) in [5, 5.41) is 3.45. The Kier molecular flexibility index (Phi) is 8.90. The summed E-state index contributed by atoms with van der Waals surface area (Å²) in [6, 6.07) is 20.0. The number of piperazine rings is 1. The van der Waals surface area contributed by atoms with Gasteiger partial charge in [-0.05, 0) is 67.1 Å². The number of benzene rings is 3. The molecule has 7 nitrogen and oxygen atoms in total. The van der Waals surface area contributed by atoms with Gasteiger partial charge in [0, 0.05) is 48.1 Å². The summed E-state index contributed by atoms with van der Waals surface area (Å²) in [5.74, 6) is 0.947. The lowest BCUT2D eigenvalue weighted by Gasteiger charge is -2.36. The van der Waals surface area contributed by atoms with Crippen LogP contribution in [0.1, 0.15) is 40.5 Å². The Balaban J connectivity index is 1.32. The Morgan fingerprint density at radius 1 is 0.973 bits per heavy atom. The van der Waals surface area contributed by atoms with Gasteiger partial charge < -0.3 is 24.6 Å². The number of unbranched alkanes of at least 4 members (excludes halogenated alkanes) is 1. The highest BCUT2D eigenvalue weighted by atomic mass is 35.5. The van der Waals surface area contributed by atoms with E-state index in [2.05, 4.69) is 17.1 Å². The van der Waals surface area contributed by atoms with Gasteiger partial charge in [0.15, 0.2) is 0 Å². The van der Waals surface area contributed by atoms with Crippen molar-refractivity contribution in [3.8, 4) is 11.5 Å². The van der Waals surface area contributed by atoms with E-state index < -0.39 is 0 Å². The second-order valence-electron chi connectivity index (χ2n) is 8.85. The quantitative estimate of drug-likeness (QED) is 0.363. The topological polar surface area (TPSA) is 71.1 Å². The number of halogens is 1. The van der Waals surface area contributed by atoms with Crippen molar-refractivity contribution in [2.75, 3.05) is 50.1 Å². The molecule has 3 aromatic carbocycles. The molecule has 1 aliphatic rings. The molecule has 1 fully saturated rings. The number of nitrogens with zero attached hydrogens (tertiary/aromatic N) is 2. The maximum absolute atomic E-state index is 13.0. The van der Waals surface area contributed by atoms with Gasteiger partial charge in [0.1, 0.15) is 11.5 Å². The number of anilines is 2. The van der Waals surface area contributed by atoms with Crippen LogP contribution in [0.25, 0.3) is 0 Å². The summed E-state index contributed by atoms with van der Waals surface area (Å²) < 4.78 is 11.1. The predicted octanol–water partition coefficient (Wildman–Crippen LogP) is 5.74. The van der Waals surface area contributed by atoms with Crippen molar-refractivity contribution in [2.24, 2.45) is 0 Å². The summed E-state index contributed by atoms with van der Waals surface area (Å²) in [5.41, 5.74) is 2.78. The summed E-state index contributed by atoms with van der Waals surface area (Å²) in [6.07, 6.45) is 2.03. The predicted molar refractivity (Wildman–Crippen MR) is 147 cm³/mol. The maximum atomic E-state index is 13.0. The third kappa shape index (κ3) is 6.74. The van der Waals surface area contributed by atoms with E-state index in [0.29, 0.717) is 66.1 Å². The average Bonchev–Trinajstić information content (AvgIpc) is 2.93. The molecule has 3 aromatic rings. The molecule has 0 saturated carbocycles. The highest BCUT2D eigenvalue weighted by Gasteiger charge is 2.24. The van der Waals surface area contributed by atoms with Crippen LogP contribution in [-0.2, 0) is 0 Å². The van der Waals surface area contributed by atoms with Gasteiger partial charge in [-0.25, -0.2) is 0 Å². The van der Waals surface area contributed by atoms with Gasteiger partial charge in [0.2, 0.25) is 0 Å². The SMILES string of the molecule is CCCCOc1cccc(C(=O)Nc2ccc(N3CCN(C(=O)c4cc(Cl)ccc4OC)CC3)cc2)c1. The summed E-state index contributed by atoms with van der Waals surface area (Å²) in [4.78, 5) is 29.8. The van der Waals surface area contributed by atoms with Crippen molar-refractivity contribution in [3.05, 3.63) is 82.9 Å². The monoisotopic (exact) mass is 521 g/mol. The van der Waals surface area contributed by atoms with Gasteiger partial charge in [-0.3, -0.25) is 9.59 Å². The minimum Gasteiger partial charge on any atom is -0.496 e. The van der Waals surface area contributed by atoms with Crippen LogP contribution >= 0.6 is 11.6 Å². The molecular weight excluding hydrogens is 490 g/mol. The first-order valence-corrected chi connectivity index (χ1v) is 12.9. The molecule has 2 amide bonds. The van der Waals surface area contributed by atoms with Gasteiger partial charge >= 0.3 is 0 Å². The number of hydrogen-bond acceptors (Lipinski definition) is 5. The molecule has 0 unspecified atom stereocenters. The normalized spacial score (nSPS) is 13.3. The van der Waals surface area contributed by atoms with Crippen molar-refractivity contribution in [3.63, 3.8) is 0 Å². The van der Waals surface area contributed by atoms with Crippen LogP contribution in [0, 0.1) is 0 Å². The summed E-state index contributed by atoms with van der Waals surface area (Å²) in [7, 11) is 1.55. The third-order valence-electron chi connectivity index (χ3n) is 6.31. The molecule has 0 atom stereocenters. The van der Waals surface area contributed by atoms with E-state index in [1.54, 1.807) is 37.4 Å². The Hall–Kier alpha value is -3.71. The summed E-state index contributed by atoms with van der Waals surface area (Å²) >= 11 is 6.10. The molecule has 0 aromatic heterocycles. The number of carbonyl (C=O) groups excluding carboxylic acids is 2. The van der Waals surface area contributed by atoms with Gasteiger partial charge in [-0.15, -0.1) is 0 Å². The molecule has 37 heavy (non-hydrogen) atoms. The van der Waals surface area contributed by atoms with Crippen LogP contribution in [0.2, 0.25) is 5.02 Å². The Morgan fingerprint density at radius 3 is 2.43 bits per heavy atom. The number of ether oxygens (including phenoxy) is 2. The van der Waals surface area contributed by atoms with Crippen molar-refractivity contribution < 1.29 is 19.1 Å². The van der Waals surface area contributed by atoms with Crippen molar-refractivity contribution in [1.82, 2.24) is 4.90 Å². The first-order valence-electron chi connectivity index (χ1n) is 12.5. The Bertz CT molecular complexity index is 1220. The third-order valence-corrected chi connectivity index (χ3v) is 6.55.